The highest BCUT2D eigenvalue weighted by Crippen LogP contribution is 2.10. The molecule has 1 aromatic heterocycles. The van der Waals surface area contributed by atoms with Gasteiger partial charge in [-0.15, -0.1) is 10.2 Å². The minimum Gasteiger partial charge on any atom is -0.366 e. The summed E-state index contributed by atoms with van der Waals surface area (Å²) in [5.41, 5.74) is 0.339. The molecule has 2 heterocycles. The van der Waals surface area contributed by atoms with Crippen molar-refractivity contribution in [3.05, 3.63) is 17.8 Å². The third kappa shape index (κ3) is 3.93. The first kappa shape index (κ1) is 16.2. The number of rotatable bonds is 4. The zero-order chi connectivity index (χ0) is 16.1. The molecular formula is C15H23N5O2. The summed E-state index contributed by atoms with van der Waals surface area (Å²) in [6.07, 6.45) is 0.989. The van der Waals surface area contributed by atoms with E-state index in [9.17, 15) is 9.59 Å². The molecule has 0 aliphatic carbocycles. The number of anilines is 1. The quantitative estimate of drug-likeness (QED) is 0.897. The Labute approximate surface area is 130 Å². The van der Waals surface area contributed by atoms with Gasteiger partial charge in [-0.1, -0.05) is 6.92 Å². The molecule has 1 aromatic rings. The van der Waals surface area contributed by atoms with Crippen LogP contribution in [0.25, 0.3) is 0 Å². The molecule has 0 aromatic carbocycles. The van der Waals surface area contributed by atoms with Crippen molar-refractivity contribution in [1.82, 2.24) is 20.0 Å². The highest BCUT2D eigenvalue weighted by atomic mass is 16.2. The van der Waals surface area contributed by atoms with Crippen LogP contribution in [0.2, 0.25) is 0 Å². The van der Waals surface area contributed by atoms with Crippen LogP contribution in [0.15, 0.2) is 12.1 Å². The Hall–Kier alpha value is -2.18. The summed E-state index contributed by atoms with van der Waals surface area (Å²) < 4.78 is 0. The third-order valence-corrected chi connectivity index (χ3v) is 3.90. The van der Waals surface area contributed by atoms with Crippen LogP contribution in [0.1, 0.15) is 37.7 Å². The normalized spacial score (nSPS) is 16.3. The molecule has 0 spiro atoms. The lowest BCUT2D eigenvalue weighted by Crippen LogP contribution is -2.50. The molecule has 7 nitrogen and oxygen atoms in total. The molecule has 2 rings (SSSR count). The fourth-order valence-electron chi connectivity index (χ4n) is 2.26. The van der Waals surface area contributed by atoms with Gasteiger partial charge in [0.2, 0.25) is 5.91 Å². The van der Waals surface area contributed by atoms with Gasteiger partial charge in [0, 0.05) is 39.1 Å². The summed E-state index contributed by atoms with van der Waals surface area (Å²) >= 11 is 0. The molecule has 0 saturated carbocycles. The second-order valence-electron chi connectivity index (χ2n) is 5.56. The van der Waals surface area contributed by atoms with Crippen molar-refractivity contribution in [2.24, 2.45) is 0 Å². The predicted molar refractivity (Wildman–Crippen MR) is 83.6 cm³/mol. The van der Waals surface area contributed by atoms with Crippen LogP contribution in [0, 0.1) is 0 Å². The number of amides is 2. The summed E-state index contributed by atoms with van der Waals surface area (Å²) in [4.78, 5) is 27.1. The Morgan fingerprint density at radius 3 is 2.32 bits per heavy atom. The summed E-state index contributed by atoms with van der Waals surface area (Å²) in [6.45, 7) is 7.91. The molecule has 22 heavy (non-hydrogen) atoms. The Morgan fingerprint density at radius 1 is 1.18 bits per heavy atom. The first-order chi connectivity index (χ1) is 10.5. The lowest BCUT2D eigenvalue weighted by molar-refractivity contribution is -0.130. The van der Waals surface area contributed by atoms with Crippen molar-refractivity contribution in [3.63, 3.8) is 0 Å². The Balaban J connectivity index is 1.94. The summed E-state index contributed by atoms with van der Waals surface area (Å²) in [7, 11) is 0. The Kier molecular flexibility index (Phi) is 5.30. The van der Waals surface area contributed by atoms with Crippen LogP contribution < -0.4 is 5.32 Å². The van der Waals surface area contributed by atoms with Gasteiger partial charge in [-0.3, -0.25) is 9.59 Å². The number of carbonyl (C=O) groups is 2. The van der Waals surface area contributed by atoms with Crippen molar-refractivity contribution in [2.45, 2.75) is 33.2 Å². The fraction of sp³-hybridized carbons (Fsp3) is 0.600. The second kappa shape index (κ2) is 7.20. The number of aromatic nitrogens is 2. The van der Waals surface area contributed by atoms with Crippen molar-refractivity contribution in [3.8, 4) is 0 Å². The van der Waals surface area contributed by atoms with Crippen LogP contribution in [0.4, 0.5) is 5.82 Å². The van der Waals surface area contributed by atoms with Crippen LogP contribution in [0.3, 0.4) is 0 Å². The van der Waals surface area contributed by atoms with E-state index in [4.69, 9.17) is 0 Å². The van der Waals surface area contributed by atoms with Crippen molar-refractivity contribution >= 4 is 17.6 Å². The Morgan fingerprint density at radius 2 is 1.82 bits per heavy atom. The molecule has 1 aliphatic heterocycles. The topological polar surface area (TPSA) is 78.4 Å². The van der Waals surface area contributed by atoms with Gasteiger partial charge in [-0.05, 0) is 25.5 Å². The van der Waals surface area contributed by atoms with E-state index in [1.807, 2.05) is 0 Å². The first-order valence-corrected chi connectivity index (χ1v) is 7.66. The van der Waals surface area contributed by atoms with Gasteiger partial charge >= 0.3 is 0 Å². The summed E-state index contributed by atoms with van der Waals surface area (Å²) in [5.74, 6) is 0.588. The SMILES string of the molecule is CCC(C)Nc1ccc(C(=O)N2CCN(C(C)=O)CC2)nn1. The lowest BCUT2D eigenvalue weighted by atomic mass is 10.2. The fourth-order valence-corrected chi connectivity index (χ4v) is 2.26. The highest BCUT2D eigenvalue weighted by Gasteiger charge is 2.24. The standard InChI is InChI=1S/C15H23N5O2/c1-4-11(2)16-14-6-5-13(17-18-14)15(22)20-9-7-19(8-10-20)12(3)21/h5-6,11H,4,7-10H2,1-3H3,(H,16,18). The molecule has 1 aliphatic rings. The van der Waals surface area contributed by atoms with Crippen LogP contribution in [-0.4, -0.2) is 64.0 Å². The van der Waals surface area contributed by atoms with Gasteiger partial charge in [-0.25, -0.2) is 0 Å². The maximum Gasteiger partial charge on any atom is 0.274 e. The minimum absolute atomic E-state index is 0.0485. The zero-order valence-electron chi connectivity index (χ0n) is 13.4. The number of nitrogens with zero attached hydrogens (tertiary/aromatic N) is 4. The van der Waals surface area contributed by atoms with E-state index in [0.717, 1.165) is 6.42 Å². The molecule has 7 heteroatoms. The maximum atomic E-state index is 12.4. The van der Waals surface area contributed by atoms with E-state index in [-0.39, 0.29) is 11.8 Å². The van der Waals surface area contributed by atoms with E-state index < -0.39 is 0 Å². The third-order valence-electron chi connectivity index (χ3n) is 3.90. The number of nitrogens with one attached hydrogen (secondary N) is 1. The number of piperazine rings is 1. The monoisotopic (exact) mass is 305 g/mol. The molecule has 1 fully saturated rings. The van der Waals surface area contributed by atoms with Gasteiger partial charge in [0.1, 0.15) is 5.82 Å². The summed E-state index contributed by atoms with van der Waals surface area (Å²) in [6, 6.07) is 3.78. The highest BCUT2D eigenvalue weighted by molar-refractivity contribution is 5.92. The van der Waals surface area contributed by atoms with Gasteiger partial charge in [0.05, 0.1) is 0 Å². The average Bonchev–Trinajstić information content (AvgIpc) is 2.55. The van der Waals surface area contributed by atoms with Crippen molar-refractivity contribution < 1.29 is 9.59 Å². The number of carbonyl (C=O) groups excluding carboxylic acids is 2. The molecule has 2 amide bonds. The first-order valence-electron chi connectivity index (χ1n) is 7.66. The van der Waals surface area contributed by atoms with E-state index >= 15 is 0 Å². The molecular weight excluding hydrogens is 282 g/mol. The van der Waals surface area contributed by atoms with Crippen LogP contribution >= 0.6 is 0 Å². The van der Waals surface area contributed by atoms with Gasteiger partial charge < -0.3 is 15.1 Å². The smallest absolute Gasteiger partial charge is 0.274 e. The zero-order valence-corrected chi connectivity index (χ0v) is 13.4. The maximum absolute atomic E-state index is 12.4. The molecule has 1 N–H and O–H groups in total. The molecule has 1 unspecified atom stereocenters. The van der Waals surface area contributed by atoms with E-state index in [1.54, 1.807) is 28.9 Å². The van der Waals surface area contributed by atoms with Crippen molar-refractivity contribution in [2.75, 3.05) is 31.5 Å². The Bertz CT molecular complexity index is 523. The summed E-state index contributed by atoms with van der Waals surface area (Å²) in [5, 5.41) is 11.3. The molecule has 0 radical (unpaired) electrons. The average molecular weight is 305 g/mol. The van der Waals surface area contributed by atoms with Gasteiger partial charge in [0.15, 0.2) is 5.69 Å². The van der Waals surface area contributed by atoms with Crippen LogP contribution in [0.5, 0.6) is 0 Å². The van der Waals surface area contributed by atoms with E-state index in [1.165, 1.54) is 0 Å². The van der Waals surface area contributed by atoms with Gasteiger partial charge in [0.25, 0.3) is 5.91 Å². The van der Waals surface area contributed by atoms with Crippen molar-refractivity contribution in [1.29, 1.82) is 0 Å². The van der Waals surface area contributed by atoms with E-state index in [0.29, 0.717) is 43.7 Å². The largest absolute Gasteiger partial charge is 0.366 e. The minimum atomic E-state index is -0.134. The molecule has 120 valence electrons. The van der Waals surface area contributed by atoms with Crippen LogP contribution in [-0.2, 0) is 4.79 Å². The number of hydrogen-bond acceptors (Lipinski definition) is 5. The number of hydrogen-bond donors (Lipinski definition) is 1. The second-order valence-corrected chi connectivity index (χ2v) is 5.56. The van der Waals surface area contributed by atoms with E-state index in [2.05, 4.69) is 29.4 Å². The molecule has 1 atom stereocenters. The van der Waals surface area contributed by atoms with Gasteiger partial charge in [-0.2, -0.15) is 0 Å². The molecule has 1 saturated heterocycles. The lowest BCUT2D eigenvalue weighted by Gasteiger charge is -2.33. The predicted octanol–water partition coefficient (Wildman–Crippen LogP) is 0.991. The molecule has 0 bridgehead atoms.